The third-order valence-corrected chi connectivity index (χ3v) is 9.15. The number of sulfonamides is 1. The van der Waals surface area contributed by atoms with E-state index in [9.17, 15) is 18.0 Å². The number of benzene rings is 3. The van der Waals surface area contributed by atoms with E-state index in [1.54, 1.807) is 17.0 Å². The van der Waals surface area contributed by atoms with E-state index in [2.05, 4.69) is 21.2 Å². The van der Waals surface area contributed by atoms with Crippen molar-refractivity contribution in [1.29, 1.82) is 0 Å². The molecule has 2 amide bonds. The summed E-state index contributed by atoms with van der Waals surface area (Å²) < 4.78 is 28.1. The van der Waals surface area contributed by atoms with Crippen LogP contribution in [0.2, 0.25) is 0 Å². The molecule has 218 valence electrons. The van der Waals surface area contributed by atoms with Crippen molar-refractivity contribution in [3.63, 3.8) is 0 Å². The first-order valence-electron chi connectivity index (χ1n) is 14.1. The molecule has 7 nitrogen and oxygen atoms in total. The van der Waals surface area contributed by atoms with Gasteiger partial charge in [-0.25, -0.2) is 8.42 Å². The van der Waals surface area contributed by atoms with Gasteiger partial charge < -0.3 is 10.2 Å². The third-order valence-electron chi connectivity index (χ3n) is 7.54. The van der Waals surface area contributed by atoms with E-state index in [0.29, 0.717) is 18.5 Å². The zero-order valence-corrected chi connectivity index (χ0v) is 26.0. The summed E-state index contributed by atoms with van der Waals surface area (Å²) in [6.45, 7) is 1.69. The lowest BCUT2D eigenvalue weighted by atomic mass is 10.0. The van der Waals surface area contributed by atoms with E-state index in [4.69, 9.17) is 0 Å². The number of halogens is 1. The Morgan fingerprint density at radius 3 is 2.27 bits per heavy atom. The number of anilines is 1. The number of carbonyl (C=O) groups excluding carboxylic acids is 2. The van der Waals surface area contributed by atoms with E-state index in [-0.39, 0.29) is 18.5 Å². The van der Waals surface area contributed by atoms with Gasteiger partial charge >= 0.3 is 0 Å². The molecular formula is C32H38BrN3O4S. The average molecular weight is 641 g/mol. The fourth-order valence-corrected chi connectivity index (χ4v) is 6.73. The molecule has 1 fully saturated rings. The molecule has 3 aromatic carbocycles. The highest BCUT2D eigenvalue weighted by Gasteiger charge is 2.34. The molecule has 1 aliphatic rings. The quantitative estimate of drug-likeness (QED) is 0.284. The second kappa shape index (κ2) is 14.1. The largest absolute Gasteiger partial charge is 0.352 e. The number of amides is 2. The fourth-order valence-electron chi connectivity index (χ4n) is 5.40. The highest BCUT2D eigenvalue weighted by molar-refractivity contribution is 9.10. The molecule has 4 rings (SSSR count). The van der Waals surface area contributed by atoms with Gasteiger partial charge in [0, 0.05) is 23.5 Å². The van der Waals surface area contributed by atoms with Crippen LogP contribution in [-0.4, -0.2) is 50.0 Å². The van der Waals surface area contributed by atoms with Crippen LogP contribution in [0.4, 0.5) is 5.69 Å². The normalized spacial score (nSPS) is 14.4. The number of aryl methyl sites for hydroxylation is 1. The van der Waals surface area contributed by atoms with Gasteiger partial charge in [-0.1, -0.05) is 96.4 Å². The van der Waals surface area contributed by atoms with Gasteiger partial charge in [-0.2, -0.15) is 0 Å². The first-order chi connectivity index (χ1) is 19.7. The van der Waals surface area contributed by atoms with E-state index < -0.39 is 28.5 Å². The van der Waals surface area contributed by atoms with Gasteiger partial charge in [0.25, 0.3) is 0 Å². The molecule has 1 atom stereocenters. The van der Waals surface area contributed by atoms with Crippen molar-refractivity contribution < 1.29 is 18.0 Å². The molecule has 0 aromatic heterocycles. The number of nitrogens with zero attached hydrogens (tertiary/aromatic N) is 2. The zero-order chi connectivity index (χ0) is 29.4. The highest BCUT2D eigenvalue weighted by Crippen LogP contribution is 2.25. The molecule has 3 aromatic rings. The summed E-state index contributed by atoms with van der Waals surface area (Å²) in [5.41, 5.74) is 3.05. The zero-order valence-electron chi connectivity index (χ0n) is 23.6. The van der Waals surface area contributed by atoms with E-state index in [1.807, 2.05) is 73.7 Å². The summed E-state index contributed by atoms with van der Waals surface area (Å²) >= 11 is 3.51. The average Bonchev–Trinajstić information content (AvgIpc) is 3.46. The summed E-state index contributed by atoms with van der Waals surface area (Å²) in [6, 6.07) is 23.7. The van der Waals surface area contributed by atoms with Crippen molar-refractivity contribution in [3.8, 4) is 0 Å². The number of carbonyl (C=O) groups is 2. The number of hydrogen-bond donors (Lipinski definition) is 1. The summed E-state index contributed by atoms with van der Waals surface area (Å²) in [7, 11) is -3.80. The molecule has 0 heterocycles. The van der Waals surface area contributed by atoms with Crippen LogP contribution in [0.15, 0.2) is 83.3 Å². The van der Waals surface area contributed by atoms with Crippen LogP contribution in [0.1, 0.15) is 49.3 Å². The standard InChI is InChI=1S/C32H38BrN3O4S/c1-3-26-15-7-10-19-29(26)36(41(2,39)40)23-31(37)35(22-25-14-11-16-27(33)20-25)30(21-24-12-5-4-6-13-24)32(38)34-28-17-8-9-18-28/h4-7,10-16,19-20,28,30H,3,8-9,17-18,21-23H2,1-2H3,(H,34,38)/t30-/m1/s1. The molecule has 0 spiro atoms. The Kier molecular flexibility index (Phi) is 10.6. The molecule has 0 aliphatic heterocycles. The molecule has 1 N–H and O–H groups in total. The van der Waals surface area contributed by atoms with Gasteiger partial charge in [0.15, 0.2) is 0 Å². The maximum atomic E-state index is 14.3. The van der Waals surface area contributed by atoms with E-state index >= 15 is 0 Å². The highest BCUT2D eigenvalue weighted by atomic mass is 79.9. The third kappa shape index (κ3) is 8.42. The van der Waals surface area contributed by atoms with E-state index in [1.165, 1.54) is 0 Å². The smallest absolute Gasteiger partial charge is 0.244 e. The second-order valence-electron chi connectivity index (χ2n) is 10.6. The molecule has 0 saturated heterocycles. The topological polar surface area (TPSA) is 86.8 Å². The molecule has 0 bridgehead atoms. The number of para-hydroxylation sites is 1. The van der Waals surface area contributed by atoms with Crippen LogP contribution in [-0.2, 0) is 39.0 Å². The first kappa shape index (κ1) is 30.8. The van der Waals surface area contributed by atoms with Gasteiger partial charge in [0.1, 0.15) is 12.6 Å². The predicted octanol–water partition coefficient (Wildman–Crippen LogP) is 5.48. The molecule has 41 heavy (non-hydrogen) atoms. The summed E-state index contributed by atoms with van der Waals surface area (Å²) in [5.74, 6) is -0.659. The number of hydrogen-bond acceptors (Lipinski definition) is 4. The molecule has 9 heteroatoms. The first-order valence-corrected chi connectivity index (χ1v) is 16.7. The SMILES string of the molecule is CCc1ccccc1N(CC(=O)N(Cc1cccc(Br)c1)[C@H](Cc1ccccc1)C(=O)NC1CCCC1)S(C)(=O)=O. The lowest BCUT2D eigenvalue weighted by Gasteiger charge is -2.34. The Morgan fingerprint density at radius 1 is 0.951 bits per heavy atom. The lowest BCUT2D eigenvalue weighted by molar-refractivity contribution is -0.140. The Labute approximate surface area is 252 Å². The minimum Gasteiger partial charge on any atom is -0.352 e. The van der Waals surface area contributed by atoms with Crippen LogP contribution in [0.3, 0.4) is 0 Å². The van der Waals surface area contributed by atoms with Gasteiger partial charge in [-0.05, 0) is 54.2 Å². The summed E-state index contributed by atoms with van der Waals surface area (Å²) in [6.07, 6.45) is 5.99. The van der Waals surface area contributed by atoms with Gasteiger partial charge in [0.2, 0.25) is 21.8 Å². The van der Waals surface area contributed by atoms with Crippen LogP contribution in [0.25, 0.3) is 0 Å². The van der Waals surface area contributed by atoms with Crippen LogP contribution < -0.4 is 9.62 Å². The maximum absolute atomic E-state index is 14.3. The van der Waals surface area contributed by atoms with Crippen molar-refractivity contribution >= 4 is 43.5 Å². The lowest BCUT2D eigenvalue weighted by Crippen LogP contribution is -2.54. The Bertz CT molecular complexity index is 1440. The Balaban J connectivity index is 1.74. The molecule has 0 unspecified atom stereocenters. The number of rotatable bonds is 12. The summed E-state index contributed by atoms with van der Waals surface area (Å²) in [5, 5.41) is 3.19. The molecule has 1 saturated carbocycles. The van der Waals surface area contributed by atoms with Gasteiger partial charge in [-0.3, -0.25) is 13.9 Å². The number of nitrogens with one attached hydrogen (secondary N) is 1. The fraction of sp³-hybridized carbons (Fsp3) is 0.375. The van der Waals surface area contributed by atoms with Crippen LogP contribution >= 0.6 is 15.9 Å². The van der Waals surface area contributed by atoms with Gasteiger partial charge in [-0.15, -0.1) is 0 Å². The van der Waals surface area contributed by atoms with E-state index in [0.717, 1.165) is 57.4 Å². The Morgan fingerprint density at radius 2 is 1.61 bits per heavy atom. The van der Waals surface area contributed by atoms with Crippen molar-refractivity contribution in [2.75, 3.05) is 17.1 Å². The molecular weight excluding hydrogens is 602 g/mol. The van der Waals surface area contributed by atoms with Crippen LogP contribution in [0.5, 0.6) is 0 Å². The van der Waals surface area contributed by atoms with Gasteiger partial charge in [0.05, 0.1) is 11.9 Å². The second-order valence-corrected chi connectivity index (χ2v) is 13.4. The van der Waals surface area contributed by atoms with Crippen molar-refractivity contribution in [3.05, 3.63) is 100 Å². The van der Waals surface area contributed by atoms with Crippen molar-refractivity contribution in [2.24, 2.45) is 0 Å². The van der Waals surface area contributed by atoms with Crippen molar-refractivity contribution in [2.45, 2.75) is 64.1 Å². The monoisotopic (exact) mass is 639 g/mol. The minimum atomic E-state index is -3.80. The van der Waals surface area contributed by atoms with Crippen molar-refractivity contribution in [1.82, 2.24) is 10.2 Å². The molecule has 1 aliphatic carbocycles. The maximum Gasteiger partial charge on any atom is 0.244 e. The van der Waals surface area contributed by atoms with Crippen LogP contribution in [0, 0.1) is 0 Å². The minimum absolute atomic E-state index is 0.0764. The molecule has 0 radical (unpaired) electrons. The Hall–Kier alpha value is -3.17. The predicted molar refractivity (Wildman–Crippen MR) is 167 cm³/mol. The summed E-state index contributed by atoms with van der Waals surface area (Å²) in [4.78, 5) is 29.7.